The van der Waals surface area contributed by atoms with Gasteiger partial charge >= 0.3 is 0 Å². The number of aromatic nitrogens is 2. The molecule has 2 heterocycles. The van der Waals surface area contributed by atoms with Crippen LogP contribution >= 0.6 is 0 Å². The van der Waals surface area contributed by atoms with E-state index in [1.165, 1.54) is 4.90 Å². The Hall–Kier alpha value is -3.49. The average molecular weight is 411 g/mol. The van der Waals surface area contributed by atoms with E-state index in [4.69, 9.17) is 0 Å². The van der Waals surface area contributed by atoms with Crippen molar-refractivity contribution in [3.8, 4) is 0 Å². The zero-order chi connectivity index (χ0) is 21.0. The molecule has 3 aromatic rings. The molecule has 2 aromatic carbocycles. The Bertz CT molecular complexity index is 1190. The Kier molecular flexibility index (Phi) is 4.02. The van der Waals surface area contributed by atoms with E-state index in [2.05, 4.69) is 20.8 Å². The summed E-state index contributed by atoms with van der Waals surface area (Å²) in [6.07, 6.45) is -0.346. The first-order chi connectivity index (χ1) is 14.3. The zero-order valence-electron chi connectivity index (χ0n) is 16.1. The maximum absolute atomic E-state index is 13.0. The van der Waals surface area contributed by atoms with E-state index < -0.39 is 17.9 Å². The maximum Gasteiger partial charge on any atom is 0.270 e. The van der Waals surface area contributed by atoms with E-state index in [0.29, 0.717) is 11.3 Å². The molecule has 1 aromatic heterocycles. The number of hydrogen-bond acceptors (Lipinski definition) is 4. The number of hydrogen-bond donors (Lipinski definition) is 3. The predicted octanol–water partition coefficient (Wildman–Crippen LogP) is 3.09. The van der Waals surface area contributed by atoms with E-state index in [-0.39, 0.29) is 25.4 Å². The van der Waals surface area contributed by atoms with Gasteiger partial charge in [0.2, 0.25) is 5.91 Å². The first-order valence-electron chi connectivity index (χ1n) is 9.62. The van der Waals surface area contributed by atoms with Gasteiger partial charge in [-0.15, -0.1) is 0 Å². The number of alkyl halides is 2. The lowest BCUT2D eigenvalue weighted by atomic mass is 10.1. The molecular formula is C21H19F2N5O2. The lowest BCUT2D eigenvalue weighted by Gasteiger charge is -2.15. The normalized spacial score (nSPS) is 19.1. The van der Waals surface area contributed by atoms with Crippen molar-refractivity contribution in [2.45, 2.75) is 31.9 Å². The number of carbonyl (C=O) groups is 2. The zero-order valence-corrected chi connectivity index (χ0v) is 16.1. The summed E-state index contributed by atoms with van der Waals surface area (Å²) in [5.74, 6) is -3.71. The molecule has 154 valence electrons. The molecule has 1 aliphatic carbocycles. The Labute approximate surface area is 170 Å². The molecule has 1 saturated carbocycles. The summed E-state index contributed by atoms with van der Waals surface area (Å²) in [6.45, 7) is 1.93. The largest absolute Gasteiger partial charge is 0.355 e. The van der Waals surface area contributed by atoms with Gasteiger partial charge < -0.3 is 15.5 Å². The summed E-state index contributed by atoms with van der Waals surface area (Å²) in [4.78, 5) is 26.4. The monoisotopic (exact) mass is 411 g/mol. The quantitative estimate of drug-likeness (QED) is 0.602. The fraction of sp³-hybridized carbons (Fsp3) is 0.286. The topological polar surface area (TPSA) is 90.1 Å². The number of nitrogens with one attached hydrogen (secondary N) is 3. The number of H-pyrrole nitrogens is 1. The van der Waals surface area contributed by atoms with Crippen LogP contribution in [0.2, 0.25) is 0 Å². The molecule has 3 N–H and O–H groups in total. The van der Waals surface area contributed by atoms with Crippen LogP contribution in [0.4, 0.5) is 20.2 Å². The molecule has 2 aliphatic rings. The van der Waals surface area contributed by atoms with Gasteiger partial charge in [0, 0.05) is 24.0 Å². The smallest absolute Gasteiger partial charge is 0.270 e. The highest BCUT2D eigenvalue weighted by atomic mass is 19.3. The van der Waals surface area contributed by atoms with Crippen molar-refractivity contribution in [3.05, 3.63) is 53.2 Å². The Balaban J connectivity index is 1.33. The van der Waals surface area contributed by atoms with E-state index in [0.717, 1.165) is 27.8 Å². The highest BCUT2D eigenvalue weighted by Crippen LogP contribution is 2.41. The number of amides is 2. The van der Waals surface area contributed by atoms with Gasteiger partial charge in [0.1, 0.15) is 6.54 Å². The Morgan fingerprint density at radius 3 is 2.90 bits per heavy atom. The molecule has 5 rings (SSSR count). The third-order valence-corrected chi connectivity index (χ3v) is 5.54. The van der Waals surface area contributed by atoms with Crippen molar-refractivity contribution in [2.75, 3.05) is 11.9 Å². The van der Waals surface area contributed by atoms with E-state index >= 15 is 0 Å². The lowest BCUT2D eigenvalue weighted by Crippen LogP contribution is -2.39. The number of benzene rings is 2. The minimum absolute atomic E-state index is 0.251. The molecule has 1 aliphatic heterocycles. The Morgan fingerprint density at radius 2 is 2.13 bits per heavy atom. The van der Waals surface area contributed by atoms with Crippen LogP contribution in [0.5, 0.6) is 0 Å². The summed E-state index contributed by atoms with van der Waals surface area (Å²) in [5, 5.41) is 13.7. The number of carbonyl (C=O) groups excluding carboxylic acids is 2. The van der Waals surface area contributed by atoms with E-state index in [1.54, 1.807) is 6.07 Å². The highest BCUT2D eigenvalue weighted by molar-refractivity contribution is 6.05. The molecule has 0 spiro atoms. The van der Waals surface area contributed by atoms with Gasteiger partial charge in [0.25, 0.3) is 11.8 Å². The van der Waals surface area contributed by atoms with Crippen molar-refractivity contribution in [3.63, 3.8) is 0 Å². The van der Waals surface area contributed by atoms with Crippen molar-refractivity contribution in [2.24, 2.45) is 0 Å². The number of fused-ring (bicyclic) bond motifs is 2. The molecule has 1 atom stereocenters. The van der Waals surface area contributed by atoms with Crippen LogP contribution in [0.25, 0.3) is 10.9 Å². The molecule has 0 saturated heterocycles. The summed E-state index contributed by atoms with van der Waals surface area (Å²) in [7, 11) is 0. The van der Waals surface area contributed by atoms with E-state index in [9.17, 15) is 18.4 Å². The molecule has 0 radical (unpaired) electrons. The lowest BCUT2D eigenvalue weighted by molar-refractivity contribution is -0.122. The van der Waals surface area contributed by atoms with Gasteiger partial charge in [-0.25, -0.2) is 8.78 Å². The molecule has 0 bridgehead atoms. The van der Waals surface area contributed by atoms with Crippen LogP contribution in [0.1, 0.15) is 28.0 Å². The second-order valence-corrected chi connectivity index (χ2v) is 7.78. The van der Waals surface area contributed by atoms with Crippen molar-refractivity contribution < 1.29 is 18.4 Å². The van der Waals surface area contributed by atoms with Crippen LogP contribution in [-0.4, -0.2) is 45.4 Å². The molecule has 9 heteroatoms. The third kappa shape index (κ3) is 3.16. The van der Waals surface area contributed by atoms with Crippen molar-refractivity contribution in [1.29, 1.82) is 0 Å². The number of rotatable bonds is 5. The summed E-state index contributed by atoms with van der Waals surface area (Å²) < 4.78 is 26.0. The molecule has 1 fully saturated rings. The highest BCUT2D eigenvalue weighted by Gasteiger charge is 2.57. The predicted molar refractivity (Wildman–Crippen MR) is 107 cm³/mol. The molecule has 1 unspecified atom stereocenters. The summed E-state index contributed by atoms with van der Waals surface area (Å²) in [6, 6.07) is 10.1. The minimum atomic E-state index is -2.83. The standard InChI is InChI=1S/C21H19F2N5O2/c1-11-14-6-5-13(7-16(14)27-26-11)24-15-4-2-3-12-9-28(20(30)19(12)15)10-18(29)25-17-8-21(17,22)23/h2-7,17,24H,8-10H2,1H3,(H,25,29)(H,26,27). The fourth-order valence-corrected chi connectivity index (χ4v) is 3.82. The number of aryl methyl sites for hydroxylation is 1. The first kappa shape index (κ1) is 18.5. The average Bonchev–Trinajstić information content (AvgIpc) is 2.98. The molecule has 7 nitrogen and oxygen atoms in total. The number of anilines is 2. The molecular weight excluding hydrogens is 392 g/mol. The molecule has 2 amide bonds. The minimum Gasteiger partial charge on any atom is -0.355 e. The van der Waals surface area contributed by atoms with Gasteiger partial charge in [-0.05, 0) is 36.8 Å². The van der Waals surface area contributed by atoms with Crippen molar-refractivity contribution in [1.82, 2.24) is 20.4 Å². The van der Waals surface area contributed by atoms with Gasteiger partial charge in [-0.1, -0.05) is 12.1 Å². The Morgan fingerprint density at radius 1 is 1.33 bits per heavy atom. The van der Waals surface area contributed by atoms with E-state index in [1.807, 2.05) is 37.3 Å². The van der Waals surface area contributed by atoms with Crippen molar-refractivity contribution >= 4 is 34.1 Å². The second-order valence-electron chi connectivity index (χ2n) is 7.78. The van der Waals surface area contributed by atoms with Gasteiger partial charge in [0.05, 0.1) is 28.5 Å². The maximum atomic E-state index is 13.0. The van der Waals surface area contributed by atoms with Gasteiger partial charge in [-0.3, -0.25) is 14.7 Å². The van der Waals surface area contributed by atoms with Crippen LogP contribution < -0.4 is 10.6 Å². The van der Waals surface area contributed by atoms with Crippen LogP contribution in [0, 0.1) is 6.92 Å². The first-order valence-corrected chi connectivity index (χ1v) is 9.62. The van der Waals surface area contributed by atoms with Crippen LogP contribution in [0.15, 0.2) is 36.4 Å². The van der Waals surface area contributed by atoms with Crippen LogP contribution in [-0.2, 0) is 11.3 Å². The second kappa shape index (κ2) is 6.51. The summed E-state index contributed by atoms with van der Waals surface area (Å²) in [5.41, 5.74) is 4.48. The fourth-order valence-electron chi connectivity index (χ4n) is 3.82. The SMILES string of the molecule is Cc1n[nH]c2cc(Nc3cccc4c3C(=O)N(CC(=O)NC3CC3(F)F)C4)ccc12. The van der Waals surface area contributed by atoms with Gasteiger partial charge in [-0.2, -0.15) is 5.10 Å². The van der Waals surface area contributed by atoms with Gasteiger partial charge in [0.15, 0.2) is 0 Å². The summed E-state index contributed by atoms with van der Waals surface area (Å²) >= 11 is 0. The molecule has 30 heavy (non-hydrogen) atoms. The number of halogens is 2. The third-order valence-electron chi connectivity index (χ3n) is 5.54. The van der Waals surface area contributed by atoms with Crippen LogP contribution in [0.3, 0.4) is 0 Å². The number of nitrogens with zero attached hydrogens (tertiary/aromatic N) is 2. The number of aromatic amines is 1.